The highest BCUT2D eigenvalue weighted by Gasteiger charge is 2.05. The van der Waals surface area contributed by atoms with Gasteiger partial charge in [-0.25, -0.2) is 4.98 Å². The summed E-state index contributed by atoms with van der Waals surface area (Å²) in [5, 5.41) is 4.23. The van der Waals surface area contributed by atoms with E-state index in [9.17, 15) is 0 Å². The van der Waals surface area contributed by atoms with Crippen LogP contribution in [0.5, 0.6) is 11.6 Å². The average Bonchev–Trinajstić information content (AvgIpc) is 2.86. The second-order valence-electron chi connectivity index (χ2n) is 4.40. The van der Waals surface area contributed by atoms with Crippen LogP contribution >= 0.6 is 0 Å². The van der Waals surface area contributed by atoms with Gasteiger partial charge in [-0.1, -0.05) is 13.8 Å². The Morgan fingerprint density at radius 3 is 2.84 bits per heavy atom. The molecule has 0 aromatic carbocycles. The fourth-order valence-corrected chi connectivity index (χ4v) is 1.84. The molecule has 2 aromatic rings. The molecular weight excluding hydrogens is 240 g/mol. The van der Waals surface area contributed by atoms with Crippen molar-refractivity contribution in [3.63, 3.8) is 0 Å². The van der Waals surface area contributed by atoms with Crippen molar-refractivity contribution in [2.24, 2.45) is 5.73 Å². The van der Waals surface area contributed by atoms with E-state index in [1.807, 2.05) is 23.0 Å². The Kier molecular flexibility index (Phi) is 4.52. The second kappa shape index (κ2) is 6.33. The Balaban J connectivity index is 2.16. The first-order valence-corrected chi connectivity index (χ1v) is 6.65. The van der Waals surface area contributed by atoms with Crippen LogP contribution < -0.4 is 10.5 Å². The molecule has 0 unspecified atom stereocenters. The minimum absolute atomic E-state index is 0.487. The standard InChI is InChI=1S/C14H20N4O/c1-3-5-18-10-13(9-16-18)19-14-7-11(8-15)6-12(4-2)17-14/h6-7,9-10H,3-5,8,15H2,1-2H3. The number of nitrogens with zero attached hydrogens (tertiary/aromatic N) is 3. The Morgan fingerprint density at radius 2 is 2.16 bits per heavy atom. The number of aryl methyl sites for hydroxylation is 2. The number of pyridine rings is 1. The number of aromatic nitrogens is 3. The first kappa shape index (κ1) is 13.5. The smallest absolute Gasteiger partial charge is 0.219 e. The maximum Gasteiger partial charge on any atom is 0.219 e. The van der Waals surface area contributed by atoms with Gasteiger partial charge in [-0.3, -0.25) is 4.68 Å². The first-order valence-electron chi connectivity index (χ1n) is 6.65. The van der Waals surface area contributed by atoms with Gasteiger partial charge in [0.05, 0.1) is 12.4 Å². The molecule has 5 nitrogen and oxygen atoms in total. The highest BCUT2D eigenvalue weighted by atomic mass is 16.5. The van der Waals surface area contributed by atoms with Crippen LogP contribution in [-0.2, 0) is 19.5 Å². The van der Waals surface area contributed by atoms with E-state index >= 15 is 0 Å². The molecule has 0 spiro atoms. The molecule has 0 saturated carbocycles. The monoisotopic (exact) mass is 260 g/mol. The maximum atomic E-state index is 5.74. The quantitative estimate of drug-likeness (QED) is 0.866. The van der Waals surface area contributed by atoms with Crippen LogP contribution in [0.25, 0.3) is 0 Å². The third-order valence-electron chi connectivity index (χ3n) is 2.80. The van der Waals surface area contributed by atoms with Crippen LogP contribution in [0.2, 0.25) is 0 Å². The summed E-state index contributed by atoms with van der Waals surface area (Å²) in [6.07, 6.45) is 5.49. The number of hydrogen-bond acceptors (Lipinski definition) is 4. The Bertz CT molecular complexity index is 514. The molecule has 2 N–H and O–H groups in total. The molecule has 5 heteroatoms. The molecular formula is C14H20N4O. The summed E-state index contributed by atoms with van der Waals surface area (Å²) in [6.45, 7) is 5.55. The van der Waals surface area contributed by atoms with Crippen molar-refractivity contribution in [2.45, 2.75) is 39.8 Å². The van der Waals surface area contributed by atoms with E-state index in [0.717, 1.165) is 30.6 Å². The Labute approximate surface area is 113 Å². The summed E-state index contributed by atoms with van der Waals surface area (Å²) in [7, 11) is 0. The van der Waals surface area contributed by atoms with Gasteiger partial charge in [0.2, 0.25) is 5.88 Å². The number of nitrogens with two attached hydrogens (primary N) is 1. The molecule has 0 radical (unpaired) electrons. The maximum absolute atomic E-state index is 5.74. The molecule has 2 heterocycles. The second-order valence-corrected chi connectivity index (χ2v) is 4.40. The summed E-state index contributed by atoms with van der Waals surface area (Å²) in [5.74, 6) is 1.29. The molecule has 0 aliphatic carbocycles. The van der Waals surface area contributed by atoms with Gasteiger partial charge in [0, 0.05) is 24.8 Å². The van der Waals surface area contributed by atoms with E-state index in [2.05, 4.69) is 23.9 Å². The van der Waals surface area contributed by atoms with Crippen molar-refractivity contribution in [1.82, 2.24) is 14.8 Å². The largest absolute Gasteiger partial charge is 0.436 e. The van der Waals surface area contributed by atoms with Crippen molar-refractivity contribution in [3.8, 4) is 11.6 Å². The SMILES string of the molecule is CCCn1cc(Oc2cc(CN)cc(CC)n2)cn1. The Morgan fingerprint density at radius 1 is 1.32 bits per heavy atom. The van der Waals surface area contributed by atoms with Crippen molar-refractivity contribution in [3.05, 3.63) is 35.8 Å². The van der Waals surface area contributed by atoms with E-state index in [1.54, 1.807) is 6.20 Å². The number of ether oxygens (including phenoxy) is 1. The highest BCUT2D eigenvalue weighted by Crippen LogP contribution is 2.20. The average molecular weight is 260 g/mol. The molecule has 2 rings (SSSR count). The van der Waals surface area contributed by atoms with Gasteiger partial charge < -0.3 is 10.5 Å². The van der Waals surface area contributed by atoms with Gasteiger partial charge in [-0.2, -0.15) is 5.10 Å². The van der Waals surface area contributed by atoms with Crippen molar-refractivity contribution < 1.29 is 4.74 Å². The van der Waals surface area contributed by atoms with Gasteiger partial charge in [0.1, 0.15) is 0 Å². The van der Waals surface area contributed by atoms with Crippen molar-refractivity contribution >= 4 is 0 Å². The third-order valence-corrected chi connectivity index (χ3v) is 2.80. The normalized spacial score (nSPS) is 10.7. The topological polar surface area (TPSA) is 66.0 Å². The minimum Gasteiger partial charge on any atom is -0.436 e. The summed E-state index contributed by atoms with van der Waals surface area (Å²) >= 11 is 0. The number of rotatable bonds is 6. The van der Waals surface area contributed by atoms with Crippen molar-refractivity contribution in [2.75, 3.05) is 0 Å². The van der Waals surface area contributed by atoms with E-state index in [1.165, 1.54) is 0 Å². The van der Waals surface area contributed by atoms with Crippen LogP contribution in [-0.4, -0.2) is 14.8 Å². The zero-order chi connectivity index (χ0) is 13.7. The zero-order valence-electron chi connectivity index (χ0n) is 11.5. The summed E-state index contributed by atoms with van der Waals surface area (Å²) in [5.41, 5.74) is 7.70. The zero-order valence-corrected chi connectivity index (χ0v) is 11.5. The summed E-state index contributed by atoms with van der Waals surface area (Å²) < 4.78 is 7.60. The van der Waals surface area contributed by atoms with Gasteiger partial charge in [-0.05, 0) is 24.5 Å². The van der Waals surface area contributed by atoms with E-state index in [4.69, 9.17) is 10.5 Å². The molecule has 0 saturated heterocycles. The lowest BCUT2D eigenvalue weighted by Crippen LogP contribution is -2.00. The third kappa shape index (κ3) is 3.54. The fourth-order valence-electron chi connectivity index (χ4n) is 1.84. The van der Waals surface area contributed by atoms with E-state index < -0.39 is 0 Å². The first-order chi connectivity index (χ1) is 9.25. The molecule has 2 aromatic heterocycles. The molecule has 0 fully saturated rings. The molecule has 0 atom stereocenters. The van der Waals surface area contributed by atoms with E-state index in [-0.39, 0.29) is 0 Å². The van der Waals surface area contributed by atoms with Crippen LogP contribution in [0.1, 0.15) is 31.5 Å². The lowest BCUT2D eigenvalue weighted by molar-refractivity contribution is 0.458. The van der Waals surface area contributed by atoms with Gasteiger partial charge in [-0.15, -0.1) is 0 Å². The molecule has 19 heavy (non-hydrogen) atoms. The lowest BCUT2D eigenvalue weighted by Gasteiger charge is -2.06. The predicted molar refractivity (Wildman–Crippen MR) is 74.1 cm³/mol. The van der Waals surface area contributed by atoms with Crippen LogP contribution in [0.4, 0.5) is 0 Å². The molecule has 0 amide bonds. The van der Waals surface area contributed by atoms with Crippen LogP contribution in [0.3, 0.4) is 0 Å². The van der Waals surface area contributed by atoms with Crippen LogP contribution in [0, 0.1) is 0 Å². The summed E-state index contributed by atoms with van der Waals surface area (Å²) in [4.78, 5) is 4.44. The Hall–Kier alpha value is -1.88. The molecule has 0 aliphatic heterocycles. The molecule has 0 aliphatic rings. The molecule has 0 bridgehead atoms. The number of hydrogen-bond donors (Lipinski definition) is 1. The van der Waals surface area contributed by atoms with Crippen molar-refractivity contribution in [1.29, 1.82) is 0 Å². The van der Waals surface area contributed by atoms with Crippen LogP contribution in [0.15, 0.2) is 24.5 Å². The lowest BCUT2D eigenvalue weighted by atomic mass is 10.2. The predicted octanol–water partition coefficient (Wildman–Crippen LogP) is 2.50. The van der Waals surface area contributed by atoms with Gasteiger partial charge >= 0.3 is 0 Å². The van der Waals surface area contributed by atoms with Gasteiger partial charge in [0.15, 0.2) is 5.75 Å². The fraction of sp³-hybridized carbons (Fsp3) is 0.429. The molecule has 102 valence electrons. The van der Waals surface area contributed by atoms with Gasteiger partial charge in [0.25, 0.3) is 0 Å². The highest BCUT2D eigenvalue weighted by molar-refractivity contribution is 5.28. The minimum atomic E-state index is 0.487. The summed E-state index contributed by atoms with van der Waals surface area (Å²) in [6, 6.07) is 3.88. The van der Waals surface area contributed by atoms with E-state index in [0.29, 0.717) is 18.2 Å².